The second kappa shape index (κ2) is 5.89. The van der Waals surface area contributed by atoms with Crippen LogP contribution in [0.25, 0.3) is 0 Å². The largest absolute Gasteiger partial charge is 0.342 e. The van der Waals surface area contributed by atoms with Crippen LogP contribution in [0, 0.1) is 17.8 Å². The molecule has 2 atom stereocenters. The van der Waals surface area contributed by atoms with Gasteiger partial charge in [0.25, 0.3) is 0 Å². The molecule has 0 aromatic carbocycles. The summed E-state index contributed by atoms with van der Waals surface area (Å²) in [5.41, 5.74) is 1.15. The molecule has 6 heteroatoms. The Labute approximate surface area is 140 Å². The van der Waals surface area contributed by atoms with Crippen molar-refractivity contribution in [2.75, 3.05) is 18.4 Å². The monoisotopic (exact) mass is 333 g/mol. The summed E-state index contributed by atoms with van der Waals surface area (Å²) in [5.74, 6) is 1.24. The van der Waals surface area contributed by atoms with E-state index < -0.39 is 0 Å². The first kappa shape index (κ1) is 15.1. The van der Waals surface area contributed by atoms with E-state index in [0.29, 0.717) is 29.9 Å². The lowest BCUT2D eigenvalue weighted by Gasteiger charge is -2.15. The minimum Gasteiger partial charge on any atom is -0.342 e. The van der Waals surface area contributed by atoms with Crippen molar-refractivity contribution in [2.45, 2.75) is 45.4 Å². The molecule has 2 fully saturated rings. The van der Waals surface area contributed by atoms with Gasteiger partial charge in [0.15, 0.2) is 5.13 Å². The van der Waals surface area contributed by atoms with Crippen LogP contribution >= 0.6 is 11.3 Å². The van der Waals surface area contributed by atoms with Crippen LogP contribution in [0.5, 0.6) is 0 Å². The van der Waals surface area contributed by atoms with Crippen LogP contribution in [0.2, 0.25) is 0 Å². The highest BCUT2D eigenvalue weighted by atomic mass is 32.1. The molecule has 3 aliphatic rings. The van der Waals surface area contributed by atoms with Gasteiger partial charge in [0.2, 0.25) is 11.8 Å². The number of fused-ring (bicyclic) bond motifs is 1. The number of thiazole rings is 1. The average molecular weight is 333 g/mol. The van der Waals surface area contributed by atoms with Crippen LogP contribution in [-0.2, 0) is 22.4 Å². The average Bonchev–Trinajstić information content (AvgIpc) is 3.12. The van der Waals surface area contributed by atoms with Gasteiger partial charge in [-0.05, 0) is 43.9 Å². The molecule has 1 aromatic rings. The van der Waals surface area contributed by atoms with Gasteiger partial charge in [-0.1, -0.05) is 6.92 Å². The molecule has 1 aromatic heterocycles. The van der Waals surface area contributed by atoms with Crippen molar-refractivity contribution < 1.29 is 9.59 Å². The second-order valence-corrected chi connectivity index (χ2v) is 8.45. The Kier molecular flexibility index (Phi) is 3.87. The molecule has 0 unspecified atom stereocenters. The highest BCUT2D eigenvalue weighted by molar-refractivity contribution is 7.15. The van der Waals surface area contributed by atoms with Gasteiger partial charge < -0.3 is 10.2 Å². The minimum absolute atomic E-state index is 0.0456. The van der Waals surface area contributed by atoms with E-state index in [-0.39, 0.29) is 17.7 Å². The Morgan fingerprint density at radius 3 is 2.96 bits per heavy atom. The maximum absolute atomic E-state index is 12.5. The fraction of sp³-hybridized carbons (Fsp3) is 0.706. The lowest BCUT2D eigenvalue weighted by atomic mass is 9.93. The number of aromatic nitrogens is 1. The topological polar surface area (TPSA) is 62.3 Å². The van der Waals surface area contributed by atoms with E-state index in [4.69, 9.17) is 0 Å². The SMILES string of the molecule is C[C@H]1CCc2nc(NC(=O)[C@H]3CC(=O)N(CC4CC4)C3)sc2C1. The zero-order valence-electron chi connectivity index (χ0n) is 13.5. The van der Waals surface area contributed by atoms with Gasteiger partial charge in [-0.15, -0.1) is 11.3 Å². The van der Waals surface area contributed by atoms with E-state index in [1.807, 2.05) is 4.90 Å². The highest BCUT2D eigenvalue weighted by Crippen LogP contribution is 2.34. The Bertz CT molecular complexity index is 638. The second-order valence-electron chi connectivity index (χ2n) is 7.37. The number of anilines is 1. The summed E-state index contributed by atoms with van der Waals surface area (Å²) in [5, 5.41) is 3.67. The van der Waals surface area contributed by atoms with Gasteiger partial charge >= 0.3 is 0 Å². The number of amides is 2. The highest BCUT2D eigenvalue weighted by Gasteiger charge is 2.37. The molecule has 0 bridgehead atoms. The normalized spacial score (nSPS) is 27.2. The van der Waals surface area contributed by atoms with Crippen molar-refractivity contribution >= 4 is 28.3 Å². The van der Waals surface area contributed by atoms with Gasteiger partial charge in [-0.3, -0.25) is 9.59 Å². The van der Waals surface area contributed by atoms with Crippen LogP contribution in [0.1, 0.15) is 43.2 Å². The maximum atomic E-state index is 12.5. The zero-order valence-corrected chi connectivity index (χ0v) is 14.3. The quantitative estimate of drug-likeness (QED) is 0.921. The van der Waals surface area contributed by atoms with E-state index in [2.05, 4.69) is 17.2 Å². The third kappa shape index (κ3) is 3.27. The standard InChI is InChI=1S/C17H23N3O2S/c1-10-2-5-13-14(6-10)23-17(18-13)19-16(22)12-7-15(21)20(9-12)8-11-3-4-11/h10-12H,2-9H2,1H3,(H,18,19,22)/t10-,12-/m0/s1. The van der Waals surface area contributed by atoms with Crippen LogP contribution in [0.15, 0.2) is 0 Å². The number of hydrogen-bond donors (Lipinski definition) is 1. The summed E-state index contributed by atoms with van der Waals surface area (Å²) in [4.78, 5) is 32.3. The predicted octanol–water partition coefficient (Wildman–Crippen LogP) is 2.46. The first-order chi connectivity index (χ1) is 11.1. The Morgan fingerprint density at radius 2 is 2.17 bits per heavy atom. The number of hydrogen-bond acceptors (Lipinski definition) is 4. The molecule has 2 amide bonds. The van der Waals surface area contributed by atoms with Gasteiger partial charge in [-0.2, -0.15) is 0 Å². The van der Waals surface area contributed by atoms with E-state index >= 15 is 0 Å². The van der Waals surface area contributed by atoms with Crippen LogP contribution in [0.4, 0.5) is 5.13 Å². The first-order valence-corrected chi connectivity index (χ1v) is 9.47. The summed E-state index contributed by atoms with van der Waals surface area (Å²) >= 11 is 1.61. The van der Waals surface area contributed by atoms with Crippen molar-refractivity contribution in [3.8, 4) is 0 Å². The zero-order chi connectivity index (χ0) is 16.0. The molecule has 4 rings (SSSR count). The van der Waals surface area contributed by atoms with E-state index in [1.54, 1.807) is 11.3 Å². The van der Waals surface area contributed by atoms with Crippen molar-refractivity contribution in [3.63, 3.8) is 0 Å². The lowest BCUT2D eigenvalue weighted by Crippen LogP contribution is -2.29. The Hall–Kier alpha value is -1.43. The van der Waals surface area contributed by atoms with Crippen molar-refractivity contribution in [2.24, 2.45) is 17.8 Å². The molecular formula is C17H23N3O2S. The minimum atomic E-state index is -0.221. The third-order valence-corrected chi connectivity index (χ3v) is 6.21. The van der Waals surface area contributed by atoms with E-state index in [0.717, 1.165) is 25.1 Å². The lowest BCUT2D eigenvalue weighted by molar-refractivity contribution is -0.128. The number of nitrogens with one attached hydrogen (secondary N) is 1. The summed E-state index contributed by atoms with van der Waals surface area (Å²) in [6, 6.07) is 0. The fourth-order valence-corrected chi connectivity index (χ4v) is 4.71. The molecule has 2 heterocycles. The van der Waals surface area contributed by atoms with Crippen molar-refractivity contribution in [1.29, 1.82) is 0 Å². The predicted molar refractivity (Wildman–Crippen MR) is 89.3 cm³/mol. The summed E-state index contributed by atoms with van der Waals surface area (Å²) in [6.07, 6.45) is 6.06. The third-order valence-electron chi connectivity index (χ3n) is 5.18. The van der Waals surface area contributed by atoms with Gasteiger partial charge in [0, 0.05) is 24.4 Å². The number of likely N-dealkylation sites (tertiary alicyclic amines) is 1. The molecule has 1 saturated carbocycles. The molecule has 1 aliphatic heterocycles. The Morgan fingerprint density at radius 1 is 1.35 bits per heavy atom. The summed E-state index contributed by atoms with van der Waals surface area (Å²) in [6.45, 7) is 3.68. The summed E-state index contributed by atoms with van der Waals surface area (Å²) in [7, 11) is 0. The number of carbonyl (C=O) groups excluding carboxylic acids is 2. The molecular weight excluding hydrogens is 310 g/mol. The van der Waals surface area contributed by atoms with Gasteiger partial charge in [0.1, 0.15) is 0 Å². The number of aryl methyl sites for hydroxylation is 1. The smallest absolute Gasteiger partial charge is 0.231 e. The number of nitrogens with zero attached hydrogens (tertiary/aromatic N) is 2. The maximum Gasteiger partial charge on any atom is 0.231 e. The molecule has 5 nitrogen and oxygen atoms in total. The Balaban J connectivity index is 1.37. The van der Waals surface area contributed by atoms with Crippen LogP contribution in [-0.4, -0.2) is 34.8 Å². The van der Waals surface area contributed by atoms with Crippen LogP contribution in [0.3, 0.4) is 0 Å². The first-order valence-electron chi connectivity index (χ1n) is 8.65. The van der Waals surface area contributed by atoms with Gasteiger partial charge in [0.05, 0.1) is 11.6 Å². The van der Waals surface area contributed by atoms with Crippen molar-refractivity contribution in [1.82, 2.24) is 9.88 Å². The molecule has 1 N–H and O–H groups in total. The molecule has 1 saturated heterocycles. The molecule has 2 aliphatic carbocycles. The molecule has 23 heavy (non-hydrogen) atoms. The fourth-order valence-electron chi connectivity index (χ4n) is 3.54. The summed E-state index contributed by atoms with van der Waals surface area (Å²) < 4.78 is 0. The van der Waals surface area contributed by atoms with Crippen molar-refractivity contribution in [3.05, 3.63) is 10.6 Å². The van der Waals surface area contributed by atoms with Gasteiger partial charge in [-0.25, -0.2) is 4.98 Å². The number of carbonyl (C=O) groups is 2. The van der Waals surface area contributed by atoms with E-state index in [9.17, 15) is 9.59 Å². The molecule has 0 spiro atoms. The molecule has 124 valence electrons. The van der Waals surface area contributed by atoms with E-state index in [1.165, 1.54) is 24.1 Å². The molecule has 0 radical (unpaired) electrons. The number of rotatable bonds is 4. The van der Waals surface area contributed by atoms with Crippen LogP contribution < -0.4 is 5.32 Å².